The normalized spacial score (nSPS) is 15.8. The Morgan fingerprint density at radius 2 is 1.69 bits per heavy atom. The van der Waals surface area contributed by atoms with Gasteiger partial charge in [-0.3, -0.25) is 4.79 Å². The number of halogens is 1. The van der Waals surface area contributed by atoms with Crippen LogP contribution in [0.3, 0.4) is 0 Å². The van der Waals surface area contributed by atoms with Crippen LogP contribution in [0, 0.1) is 0 Å². The average molecular weight is 411 g/mol. The Bertz CT molecular complexity index is 896. The number of amides is 1. The number of hydrogen-bond acceptors (Lipinski definition) is 4. The van der Waals surface area contributed by atoms with E-state index in [2.05, 4.69) is 0 Å². The Balaban J connectivity index is 1.72. The van der Waals surface area contributed by atoms with Gasteiger partial charge in [0.15, 0.2) is 0 Å². The van der Waals surface area contributed by atoms with Gasteiger partial charge in [-0.25, -0.2) is 8.42 Å². The summed E-state index contributed by atoms with van der Waals surface area (Å²) >= 11 is 7.73. The van der Waals surface area contributed by atoms with E-state index < -0.39 is 10.0 Å². The first-order valence-corrected chi connectivity index (χ1v) is 11.2. The molecule has 0 N–H and O–H groups in total. The lowest BCUT2D eigenvalue weighted by atomic mass is 10.2. The standard InChI is InChI=1S/C18H19ClN2O3S2/c1-25-14-7-8-17(19)16(13-14)18(22)20-9-11-21(12-10-20)26(23,24)15-5-3-2-4-6-15/h2-8,13H,9-12H2,1H3. The van der Waals surface area contributed by atoms with Crippen molar-refractivity contribution < 1.29 is 13.2 Å². The molecule has 0 bridgehead atoms. The van der Waals surface area contributed by atoms with Gasteiger partial charge < -0.3 is 4.90 Å². The molecule has 1 amide bonds. The van der Waals surface area contributed by atoms with Crippen molar-refractivity contribution in [2.24, 2.45) is 0 Å². The minimum absolute atomic E-state index is 0.164. The highest BCUT2D eigenvalue weighted by Crippen LogP contribution is 2.25. The van der Waals surface area contributed by atoms with Crippen molar-refractivity contribution in [1.29, 1.82) is 0 Å². The van der Waals surface area contributed by atoms with Crippen LogP contribution in [0.4, 0.5) is 0 Å². The predicted molar refractivity (Wildman–Crippen MR) is 104 cm³/mol. The van der Waals surface area contributed by atoms with Crippen molar-refractivity contribution in [2.75, 3.05) is 32.4 Å². The number of sulfonamides is 1. The first kappa shape index (κ1) is 19.2. The molecular weight excluding hydrogens is 392 g/mol. The van der Waals surface area contributed by atoms with Crippen molar-refractivity contribution >= 4 is 39.3 Å². The minimum Gasteiger partial charge on any atom is -0.336 e. The zero-order valence-corrected chi connectivity index (χ0v) is 16.6. The van der Waals surface area contributed by atoms with Crippen LogP contribution in [0.1, 0.15) is 10.4 Å². The largest absolute Gasteiger partial charge is 0.336 e. The van der Waals surface area contributed by atoms with Crippen LogP contribution in [-0.4, -0.2) is 56.0 Å². The molecule has 0 unspecified atom stereocenters. The lowest BCUT2D eigenvalue weighted by Gasteiger charge is -2.34. The Morgan fingerprint density at radius 1 is 1.04 bits per heavy atom. The van der Waals surface area contributed by atoms with Gasteiger partial charge in [-0.05, 0) is 36.6 Å². The number of rotatable bonds is 4. The summed E-state index contributed by atoms with van der Waals surface area (Å²) in [5.41, 5.74) is 0.456. The molecule has 0 spiro atoms. The second-order valence-corrected chi connectivity index (χ2v) is 9.08. The molecule has 8 heteroatoms. The van der Waals surface area contributed by atoms with E-state index in [4.69, 9.17) is 11.6 Å². The third kappa shape index (κ3) is 3.91. The number of hydrogen-bond donors (Lipinski definition) is 0. The van der Waals surface area contributed by atoms with E-state index in [0.29, 0.717) is 23.7 Å². The highest BCUT2D eigenvalue weighted by atomic mass is 35.5. The van der Waals surface area contributed by atoms with Gasteiger partial charge in [0.05, 0.1) is 15.5 Å². The highest BCUT2D eigenvalue weighted by molar-refractivity contribution is 7.98. The van der Waals surface area contributed by atoms with Crippen molar-refractivity contribution in [3.05, 3.63) is 59.1 Å². The fourth-order valence-electron chi connectivity index (χ4n) is 2.84. The van der Waals surface area contributed by atoms with E-state index in [1.54, 1.807) is 59.1 Å². The zero-order valence-electron chi connectivity index (χ0n) is 14.3. The summed E-state index contributed by atoms with van der Waals surface area (Å²) in [6, 6.07) is 13.7. The van der Waals surface area contributed by atoms with Crippen LogP contribution in [-0.2, 0) is 10.0 Å². The molecule has 0 radical (unpaired) electrons. The van der Waals surface area contributed by atoms with Crippen LogP contribution >= 0.6 is 23.4 Å². The van der Waals surface area contributed by atoms with Crippen molar-refractivity contribution in [1.82, 2.24) is 9.21 Å². The van der Waals surface area contributed by atoms with Crippen molar-refractivity contribution in [2.45, 2.75) is 9.79 Å². The number of carbonyl (C=O) groups excluding carboxylic acids is 1. The fraction of sp³-hybridized carbons (Fsp3) is 0.278. The van der Waals surface area contributed by atoms with Gasteiger partial charge in [-0.15, -0.1) is 11.8 Å². The lowest BCUT2D eigenvalue weighted by Crippen LogP contribution is -2.50. The summed E-state index contributed by atoms with van der Waals surface area (Å²) in [6.07, 6.45) is 1.94. The molecule has 138 valence electrons. The fourth-order valence-corrected chi connectivity index (χ4v) is 4.92. The second-order valence-electron chi connectivity index (χ2n) is 5.86. The molecule has 26 heavy (non-hydrogen) atoms. The van der Waals surface area contributed by atoms with Gasteiger partial charge in [0.1, 0.15) is 0 Å². The SMILES string of the molecule is CSc1ccc(Cl)c(C(=O)N2CCN(S(=O)(=O)c3ccccc3)CC2)c1. The Kier molecular flexibility index (Phi) is 5.92. The third-order valence-electron chi connectivity index (χ3n) is 4.31. The van der Waals surface area contributed by atoms with Gasteiger partial charge in [-0.1, -0.05) is 29.8 Å². The summed E-state index contributed by atoms with van der Waals surface area (Å²) in [7, 11) is -3.53. The number of piperazine rings is 1. The van der Waals surface area contributed by atoms with Crippen molar-refractivity contribution in [3.63, 3.8) is 0 Å². The van der Waals surface area contributed by atoms with E-state index in [1.807, 2.05) is 12.3 Å². The van der Waals surface area contributed by atoms with E-state index >= 15 is 0 Å². The first-order valence-electron chi connectivity index (χ1n) is 8.11. The van der Waals surface area contributed by atoms with Crippen LogP contribution in [0.25, 0.3) is 0 Å². The Labute approximate surface area is 163 Å². The maximum Gasteiger partial charge on any atom is 0.255 e. The van der Waals surface area contributed by atoms with E-state index in [1.165, 1.54) is 4.31 Å². The predicted octanol–water partition coefficient (Wildman–Crippen LogP) is 3.21. The molecule has 2 aromatic rings. The quantitative estimate of drug-likeness (QED) is 0.726. The summed E-state index contributed by atoms with van der Waals surface area (Å²) in [5.74, 6) is -0.164. The molecule has 1 aliphatic heterocycles. The van der Waals surface area contributed by atoms with E-state index in [9.17, 15) is 13.2 Å². The van der Waals surface area contributed by atoms with Crippen LogP contribution in [0.2, 0.25) is 5.02 Å². The maximum atomic E-state index is 12.8. The molecular formula is C18H19ClN2O3S2. The molecule has 1 saturated heterocycles. The van der Waals surface area contributed by atoms with Gasteiger partial charge >= 0.3 is 0 Å². The van der Waals surface area contributed by atoms with E-state index in [-0.39, 0.29) is 23.9 Å². The molecule has 1 aliphatic rings. The monoisotopic (exact) mass is 410 g/mol. The van der Waals surface area contributed by atoms with Crippen LogP contribution < -0.4 is 0 Å². The molecule has 1 heterocycles. The minimum atomic E-state index is -3.53. The number of benzene rings is 2. The molecule has 2 aromatic carbocycles. The molecule has 0 aliphatic carbocycles. The van der Waals surface area contributed by atoms with Crippen LogP contribution in [0.5, 0.6) is 0 Å². The lowest BCUT2D eigenvalue weighted by molar-refractivity contribution is 0.0698. The van der Waals surface area contributed by atoms with Gasteiger partial charge in [-0.2, -0.15) is 4.31 Å². The Morgan fingerprint density at radius 3 is 2.31 bits per heavy atom. The maximum absolute atomic E-state index is 12.8. The molecule has 3 rings (SSSR count). The molecule has 0 saturated carbocycles. The molecule has 0 atom stereocenters. The number of nitrogens with zero attached hydrogens (tertiary/aromatic N) is 2. The molecule has 0 aromatic heterocycles. The third-order valence-corrected chi connectivity index (χ3v) is 7.28. The molecule has 5 nitrogen and oxygen atoms in total. The smallest absolute Gasteiger partial charge is 0.255 e. The molecule has 1 fully saturated rings. The summed E-state index contributed by atoms with van der Waals surface area (Å²) < 4.78 is 26.8. The number of carbonyl (C=O) groups is 1. The summed E-state index contributed by atoms with van der Waals surface area (Å²) in [5, 5.41) is 0.409. The van der Waals surface area contributed by atoms with Gasteiger partial charge in [0.2, 0.25) is 10.0 Å². The van der Waals surface area contributed by atoms with Gasteiger partial charge in [0.25, 0.3) is 5.91 Å². The second kappa shape index (κ2) is 8.00. The Hall–Kier alpha value is -1.54. The zero-order chi connectivity index (χ0) is 18.7. The van der Waals surface area contributed by atoms with Crippen LogP contribution in [0.15, 0.2) is 58.3 Å². The summed E-state index contributed by atoms with van der Waals surface area (Å²) in [6.45, 7) is 1.21. The van der Waals surface area contributed by atoms with Crippen molar-refractivity contribution in [3.8, 4) is 0 Å². The van der Waals surface area contributed by atoms with E-state index in [0.717, 1.165) is 4.90 Å². The topological polar surface area (TPSA) is 57.7 Å². The summed E-state index contributed by atoms with van der Waals surface area (Å²) in [4.78, 5) is 15.7. The number of thioether (sulfide) groups is 1. The average Bonchev–Trinajstić information content (AvgIpc) is 2.68. The van der Waals surface area contributed by atoms with Gasteiger partial charge in [0, 0.05) is 31.1 Å². The highest BCUT2D eigenvalue weighted by Gasteiger charge is 2.30. The first-order chi connectivity index (χ1) is 12.4.